The van der Waals surface area contributed by atoms with Gasteiger partial charge in [0.2, 0.25) is 0 Å². The first-order chi connectivity index (χ1) is 18.7. The number of pyridine rings is 1. The van der Waals surface area contributed by atoms with Crippen LogP contribution in [0.5, 0.6) is 5.75 Å². The minimum absolute atomic E-state index is 0.593. The molecule has 0 radical (unpaired) electrons. The van der Waals surface area contributed by atoms with Crippen molar-refractivity contribution in [1.82, 2.24) is 4.98 Å². The largest absolute Gasteiger partial charge is 0.493 e. The average molecular weight is 540 g/mol. The molecule has 0 aliphatic carbocycles. The van der Waals surface area contributed by atoms with Crippen LogP contribution < -0.4 is 4.74 Å². The second-order valence-electron chi connectivity index (χ2n) is 9.62. The third kappa shape index (κ3) is 35.4. The lowest BCUT2D eigenvalue weighted by Crippen LogP contribution is -2.08. The Bertz CT molecular complexity index is 687. The molecular weight excluding hydrogens is 474 g/mol. The number of benzene rings is 2. The molecule has 224 valence electrons. The summed E-state index contributed by atoms with van der Waals surface area (Å²) in [7, 11) is 0. The van der Waals surface area contributed by atoms with Crippen molar-refractivity contribution in [3.63, 3.8) is 0 Å². The van der Waals surface area contributed by atoms with Crippen molar-refractivity contribution in [3.8, 4) is 5.75 Å². The smallest absolute Gasteiger partial charge is 0.122 e. The van der Waals surface area contributed by atoms with E-state index in [0.29, 0.717) is 5.92 Å². The van der Waals surface area contributed by atoms with Crippen LogP contribution >= 0.6 is 0 Å². The van der Waals surface area contributed by atoms with E-state index in [1.807, 2.05) is 96.1 Å². The Kier molecular flexibility index (Phi) is 39.4. The van der Waals surface area contributed by atoms with E-state index in [4.69, 9.17) is 4.74 Å². The van der Waals surface area contributed by atoms with E-state index in [0.717, 1.165) is 30.6 Å². The van der Waals surface area contributed by atoms with Gasteiger partial charge in [-0.3, -0.25) is 4.98 Å². The lowest BCUT2D eigenvalue weighted by Gasteiger charge is -2.18. The summed E-state index contributed by atoms with van der Waals surface area (Å²) < 4.78 is 5.61. The standard InChI is InChI=1S/C12H16O.C6H6.C5H5N.2C4H10.3C2H6/c1-9(2)11-6-5-10-4-3-7-13-12(10)8-11;2*1-2-4-6-5-3-1;2*1-4(2)3;3*1-2/h5-6,8-9H,3-4,7H2,1-2H3;1-6H;1-5H;2*4H,1-3H3;3*1-2H3. The highest BCUT2D eigenvalue weighted by Gasteiger charge is 2.11. The second-order valence-corrected chi connectivity index (χ2v) is 9.62. The van der Waals surface area contributed by atoms with Crippen molar-refractivity contribution in [2.75, 3.05) is 6.61 Å². The molecule has 0 atom stereocenters. The van der Waals surface area contributed by atoms with Gasteiger partial charge in [-0.25, -0.2) is 0 Å². The first kappa shape index (κ1) is 43.4. The van der Waals surface area contributed by atoms with Crippen molar-refractivity contribution in [3.05, 3.63) is 96.3 Å². The van der Waals surface area contributed by atoms with E-state index in [1.165, 1.54) is 17.5 Å². The van der Waals surface area contributed by atoms with Gasteiger partial charge in [0.25, 0.3) is 0 Å². The summed E-state index contributed by atoms with van der Waals surface area (Å²) in [5.41, 5.74) is 2.75. The van der Waals surface area contributed by atoms with Crippen LogP contribution in [0.25, 0.3) is 0 Å². The molecule has 0 spiro atoms. The predicted molar refractivity (Wildman–Crippen MR) is 180 cm³/mol. The maximum absolute atomic E-state index is 5.61. The summed E-state index contributed by atoms with van der Waals surface area (Å²) in [5, 5.41) is 0. The lowest BCUT2D eigenvalue weighted by molar-refractivity contribution is 0.288. The van der Waals surface area contributed by atoms with Crippen LogP contribution in [0.2, 0.25) is 0 Å². The highest BCUT2D eigenvalue weighted by molar-refractivity contribution is 5.39. The van der Waals surface area contributed by atoms with E-state index in [-0.39, 0.29) is 0 Å². The number of aryl methyl sites for hydroxylation is 1. The van der Waals surface area contributed by atoms with Gasteiger partial charge in [-0.15, -0.1) is 0 Å². The number of nitrogens with zero attached hydrogens (tertiary/aromatic N) is 1. The van der Waals surface area contributed by atoms with Crippen molar-refractivity contribution in [2.24, 2.45) is 11.8 Å². The van der Waals surface area contributed by atoms with Crippen LogP contribution in [0.1, 0.15) is 120 Å². The van der Waals surface area contributed by atoms with Crippen LogP contribution in [0.4, 0.5) is 0 Å². The van der Waals surface area contributed by atoms with Gasteiger partial charge in [0, 0.05) is 12.4 Å². The number of hydrogen-bond acceptors (Lipinski definition) is 2. The molecule has 2 heteroatoms. The molecule has 39 heavy (non-hydrogen) atoms. The zero-order valence-corrected chi connectivity index (χ0v) is 28.3. The number of aromatic nitrogens is 1. The Balaban J connectivity index is -0.000000202. The van der Waals surface area contributed by atoms with Crippen molar-refractivity contribution < 1.29 is 4.74 Å². The summed E-state index contributed by atoms with van der Waals surface area (Å²) in [6.45, 7) is 30.3. The molecular formula is C37H65NO. The van der Waals surface area contributed by atoms with E-state index in [9.17, 15) is 0 Å². The van der Waals surface area contributed by atoms with E-state index in [2.05, 4.69) is 78.6 Å². The van der Waals surface area contributed by atoms with Gasteiger partial charge < -0.3 is 4.74 Å². The van der Waals surface area contributed by atoms with E-state index < -0.39 is 0 Å². The maximum atomic E-state index is 5.61. The number of ether oxygens (including phenoxy) is 1. The minimum atomic E-state index is 0.593. The van der Waals surface area contributed by atoms with Crippen LogP contribution in [-0.4, -0.2) is 11.6 Å². The number of hydrogen-bond donors (Lipinski definition) is 0. The molecule has 0 unspecified atom stereocenters. The molecule has 1 aliphatic heterocycles. The van der Waals surface area contributed by atoms with Crippen LogP contribution in [0.15, 0.2) is 85.2 Å². The fourth-order valence-corrected chi connectivity index (χ4v) is 2.41. The molecule has 2 aromatic carbocycles. The molecule has 0 amide bonds. The first-order valence-electron chi connectivity index (χ1n) is 15.3. The first-order valence-corrected chi connectivity index (χ1v) is 15.3. The fraction of sp³-hybridized carbons (Fsp3) is 0.541. The van der Waals surface area contributed by atoms with Crippen molar-refractivity contribution >= 4 is 0 Å². The highest BCUT2D eigenvalue weighted by atomic mass is 16.5. The Labute approximate surface area is 245 Å². The summed E-state index contributed by atoms with van der Waals surface area (Å²) in [5.74, 6) is 3.37. The van der Waals surface area contributed by atoms with E-state index >= 15 is 0 Å². The summed E-state index contributed by atoms with van der Waals surface area (Å²) in [6.07, 6.45) is 5.84. The monoisotopic (exact) mass is 540 g/mol. The van der Waals surface area contributed by atoms with Gasteiger partial charge in [-0.05, 0) is 59.9 Å². The molecule has 3 aromatic rings. The third-order valence-corrected chi connectivity index (χ3v) is 3.84. The topological polar surface area (TPSA) is 22.1 Å². The van der Waals surface area contributed by atoms with Gasteiger partial charge in [-0.2, -0.15) is 0 Å². The molecule has 1 aromatic heterocycles. The molecule has 0 fully saturated rings. The summed E-state index contributed by atoms with van der Waals surface area (Å²) in [6, 6.07) is 24.3. The van der Waals surface area contributed by atoms with Crippen molar-refractivity contribution in [2.45, 2.75) is 116 Å². The zero-order valence-electron chi connectivity index (χ0n) is 28.3. The molecule has 4 rings (SSSR count). The van der Waals surface area contributed by atoms with E-state index in [1.54, 1.807) is 12.4 Å². The van der Waals surface area contributed by atoms with Gasteiger partial charge in [0.15, 0.2) is 0 Å². The Morgan fingerprint density at radius 2 is 0.974 bits per heavy atom. The predicted octanol–water partition coefficient (Wildman–Crippen LogP) is 12.3. The average Bonchev–Trinajstić information content (AvgIpc) is 2.98. The molecule has 2 nitrogen and oxygen atoms in total. The number of rotatable bonds is 1. The number of fused-ring (bicyclic) bond motifs is 1. The summed E-state index contributed by atoms with van der Waals surface area (Å²) in [4.78, 5) is 3.78. The van der Waals surface area contributed by atoms with Crippen molar-refractivity contribution in [1.29, 1.82) is 0 Å². The quantitative estimate of drug-likeness (QED) is 0.307. The third-order valence-electron chi connectivity index (χ3n) is 3.84. The normalized spacial score (nSPS) is 9.87. The Hall–Kier alpha value is -2.61. The van der Waals surface area contributed by atoms with Gasteiger partial charge >= 0.3 is 0 Å². The Morgan fingerprint density at radius 3 is 1.28 bits per heavy atom. The molecule has 0 saturated heterocycles. The van der Waals surface area contributed by atoms with Gasteiger partial charge in [-0.1, -0.05) is 152 Å². The van der Waals surface area contributed by atoms with Gasteiger partial charge in [0.1, 0.15) is 5.75 Å². The maximum Gasteiger partial charge on any atom is 0.122 e. The minimum Gasteiger partial charge on any atom is -0.493 e. The summed E-state index contributed by atoms with van der Waals surface area (Å²) >= 11 is 0. The van der Waals surface area contributed by atoms with Crippen LogP contribution in [0, 0.1) is 11.8 Å². The highest BCUT2D eigenvalue weighted by Crippen LogP contribution is 2.28. The molecule has 0 N–H and O–H groups in total. The van der Waals surface area contributed by atoms with Gasteiger partial charge in [0.05, 0.1) is 6.61 Å². The van der Waals surface area contributed by atoms with Crippen LogP contribution in [-0.2, 0) is 6.42 Å². The fourth-order valence-electron chi connectivity index (χ4n) is 2.41. The SMILES string of the molecule is CC.CC.CC.CC(C)C.CC(C)C.CC(C)c1ccc2c(c1)OCCC2.c1ccccc1.c1ccncc1. The molecule has 0 bridgehead atoms. The molecule has 0 saturated carbocycles. The molecule has 2 heterocycles. The molecule has 1 aliphatic rings. The Morgan fingerprint density at radius 1 is 0.590 bits per heavy atom. The second kappa shape index (κ2) is 35.4. The van der Waals surface area contributed by atoms with Crippen LogP contribution in [0.3, 0.4) is 0 Å². The lowest BCUT2D eigenvalue weighted by atomic mass is 9.98. The zero-order chi connectivity index (χ0) is 30.9.